The Hall–Kier alpha value is -6.10. The molecule has 0 saturated heterocycles. The summed E-state index contributed by atoms with van der Waals surface area (Å²) in [6, 6.07) is 1.36. The van der Waals surface area contributed by atoms with E-state index in [4.69, 9.17) is 50.9 Å². The van der Waals surface area contributed by atoms with Gasteiger partial charge in [-0.1, -0.05) is 11.6 Å². The lowest BCUT2D eigenvalue weighted by atomic mass is 10.2. The number of hydrogen-bond donors (Lipinski definition) is 4. The molecule has 2 amide bonds. The van der Waals surface area contributed by atoms with Crippen LogP contribution in [0.3, 0.4) is 0 Å². The second-order valence-corrected chi connectivity index (χ2v) is 20.7. The van der Waals surface area contributed by atoms with Crippen LogP contribution in [0.25, 0.3) is 0 Å². The molecule has 0 bridgehead atoms. The summed E-state index contributed by atoms with van der Waals surface area (Å²) in [6.45, 7) is 21.7. The van der Waals surface area contributed by atoms with Crippen LogP contribution < -0.4 is 26.2 Å². The van der Waals surface area contributed by atoms with Gasteiger partial charge < -0.3 is 64.6 Å². The highest BCUT2D eigenvalue weighted by Gasteiger charge is 2.39. The molecule has 0 unspecified atom stereocenters. The van der Waals surface area contributed by atoms with E-state index in [2.05, 4.69) is 32.5 Å². The van der Waals surface area contributed by atoms with Crippen molar-refractivity contribution in [2.75, 3.05) is 105 Å². The molecule has 0 fully saturated rings. The van der Waals surface area contributed by atoms with Gasteiger partial charge in [-0.05, 0) is 89.3 Å². The van der Waals surface area contributed by atoms with Crippen molar-refractivity contribution in [2.24, 2.45) is 0 Å². The Labute approximate surface area is 506 Å². The van der Waals surface area contributed by atoms with Crippen LogP contribution in [0.5, 0.6) is 0 Å². The lowest BCUT2D eigenvalue weighted by molar-refractivity contribution is -0.385. The van der Waals surface area contributed by atoms with Crippen LogP contribution >= 0.6 is 24.0 Å². The van der Waals surface area contributed by atoms with Crippen molar-refractivity contribution >= 4 is 64.9 Å². The molecule has 0 aliphatic heterocycles. The number of halogens is 11. The summed E-state index contributed by atoms with van der Waals surface area (Å²) in [5.41, 5.74) is -0.336. The van der Waals surface area contributed by atoms with Crippen molar-refractivity contribution in [3.8, 4) is 0 Å². The van der Waals surface area contributed by atoms with Gasteiger partial charge in [0.05, 0.1) is 84.5 Å². The number of alkyl carbamates (subject to hydrolysis) is 1. The molecule has 498 valence electrons. The average molecular weight is 1300 g/mol. The summed E-state index contributed by atoms with van der Waals surface area (Å²) in [7, 11) is 12.8. The summed E-state index contributed by atoms with van der Waals surface area (Å²) < 4.78 is 144. The molecular formula is C51H84Cl2F9N11O13. The first-order chi connectivity index (χ1) is 38.7. The number of aliphatic hydroxyl groups excluding tert-OH is 1. The number of aliphatic hydroxyl groups is 1. The maximum Gasteiger partial charge on any atom is 0.420 e. The number of alkyl halides is 9. The van der Waals surface area contributed by atoms with Gasteiger partial charge in [0, 0.05) is 67.8 Å². The van der Waals surface area contributed by atoms with Crippen LogP contribution in [0.15, 0.2) is 36.8 Å². The normalized spacial score (nSPS) is 13.0. The summed E-state index contributed by atoms with van der Waals surface area (Å²) in [4.78, 5) is 56.0. The molecule has 0 aliphatic carbocycles. The van der Waals surface area contributed by atoms with Gasteiger partial charge in [0.2, 0.25) is 0 Å². The van der Waals surface area contributed by atoms with E-state index in [1.807, 2.05) is 34.7 Å². The fraction of sp³-hybridized carbons (Fsp3) is 0.667. The zero-order valence-corrected chi connectivity index (χ0v) is 53.1. The van der Waals surface area contributed by atoms with Gasteiger partial charge in [0.1, 0.15) is 51.5 Å². The molecule has 0 radical (unpaired) electrons. The highest BCUT2D eigenvalue weighted by atomic mass is 35.5. The standard InChI is InChI=1S/C11H14F3N3O3.C11H16F3N3O.C10H21NO3.C8H17NO3.C6H2ClF3N2O2.C5H13NO.ClH/c1-7(6-20-3)16(2)10-9(11(12,13)14)4-8(5-15-10)17(18)19;1-7(6-18-3)17(2)10-9(11(12,13)14)4-8(15)5-16-10;1-8(7-13-6)11(5)9(12)14-10(2,3)4;1-6(5-10)9-7(11)12-8(2,3)4;7-5-4(6(8,9)10)1-3(2-11-5)12(13)14;1-5(6-2)4-7-3;/h4-5,7H,6H2,1-3H3;4-5,7H,6,15H2,1-3H3;8H,7H2,1-6H3;6,10H,5H2,1-4H3,(H,9,11);1-2H;5-6H,4H2,1-3H3;1H/t2*7-;8-;6-;;5-;/m1111.1./s1. The van der Waals surface area contributed by atoms with Gasteiger partial charge in [-0.3, -0.25) is 20.2 Å². The van der Waals surface area contributed by atoms with Crippen LogP contribution in [0.2, 0.25) is 5.15 Å². The van der Waals surface area contributed by atoms with E-state index < -0.39 is 78.9 Å². The molecule has 0 aromatic carbocycles. The van der Waals surface area contributed by atoms with E-state index in [-0.39, 0.29) is 73.2 Å². The highest BCUT2D eigenvalue weighted by Crippen LogP contribution is 2.39. The Balaban J connectivity index is -0.000000479. The van der Waals surface area contributed by atoms with Crippen LogP contribution in [0.4, 0.5) is 77.8 Å². The smallest absolute Gasteiger partial charge is 0.420 e. The van der Waals surface area contributed by atoms with E-state index >= 15 is 0 Å². The Morgan fingerprint density at radius 2 is 0.988 bits per heavy atom. The van der Waals surface area contributed by atoms with Gasteiger partial charge in [0.25, 0.3) is 11.4 Å². The van der Waals surface area contributed by atoms with Crippen LogP contribution in [0, 0.1) is 20.2 Å². The minimum absolute atomic E-state index is 0. The highest BCUT2D eigenvalue weighted by molar-refractivity contribution is 6.30. The molecule has 24 nitrogen and oxygen atoms in total. The van der Waals surface area contributed by atoms with E-state index in [1.54, 1.807) is 62.8 Å². The molecule has 0 spiro atoms. The first-order valence-corrected chi connectivity index (χ1v) is 25.6. The molecule has 86 heavy (non-hydrogen) atoms. The molecule has 3 aromatic rings. The number of ether oxygens (including phenoxy) is 6. The predicted octanol–water partition coefficient (Wildman–Crippen LogP) is 10.7. The van der Waals surface area contributed by atoms with Crippen molar-refractivity contribution in [2.45, 2.75) is 136 Å². The topological polar surface area (TPSA) is 294 Å². The van der Waals surface area contributed by atoms with Crippen molar-refractivity contribution in [1.82, 2.24) is 30.5 Å². The van der Waals surface area contributed by atoms with Crippen molar-refractivity contribution in [3.63, 3.8) is 0 Å². The third kappa shape index (κ3) is 36.1. The summed E-state index contributed by atoms with van der Waals surface area (Å²) in [6.07, 6.45) is -12.1. The lowest BCUT2D eigenvalue weighted by Crippen LogP contribution is -2.41. The molecule has 3 aromatic heterocycles. The number of nitrogen functional groups attached to an aromatic ring is 1. The number of aromatic nitrogens is 3. The Morgan fingerprint density at radius 3 is 1.33 bits per heavy atom. The van der Waals surface area contributed by atoms with Crippen molar-refractivity contribution < 1.29 is 92.5 Å². The molecule has 3 rings (SSSR count). The van der Waals surface area contributed by atoms with E-state index in [1.165, 1.54) is 49.2 Å². The van der Waals surface area contributed by atoms with Gasteiger partial charge in [0.15, 0.2) is 0 Å². The zero-order valence-electron chi connectivity index (χ0n) is 51.6. The third-order valence-corrected chi connectivity index (χ3v) is 10.7. The minimum Gasteiger partial charge on any atom is -0.444 e. The van der Waals surface area contributed by atoms with E-state index in [0.29, 0.717) is 37.6 Å². The number of amides is 2. The largest absolute Gasteiger partial charge is 0.444 e. The number of pyridine rings is 3. The van der Waals surface area contributed by atoms with Gasteiger partial charge in [-0.25, -0.2) is 24.5 Å². The van der Waals surface area contributed by atoms with Crippen molar-refractivity contribution in [3.05, 3.63) is 78.9 Å². The van der Waals surface area contributed by atoms with Crippen molar-refractivity contribution in [1.29, 1.82) is 0 Å². The van der Waals surface area contributed by atoms with Crippen LogP contribution in [-0.2, 0) is 47.0 Å². The first kappa shape index (κ1) is 86.3. The van der Waals surface area contributed by atoms with E-state index in [0.717, 1.165) is 18.9 Å². The van der Waals surface area contributed by atoms with Gasteiger partial charge in [-0.2, -0.15) is 39.5 Å². The SMILES string of the molecule is CN[C@H](C)COC.COC[C@@H](C)N(C)C(=O)OC(C)(C)C.COC[C@@H](C)N(C)c1ncc(N)cc1C(F)(F)F.COC[C@@H](C)N(C)c1ncc([N+](=O)[O-])cc1C(F)(F)F.C[C@H](CO)NC(=O)OC(C)(C)C.Cl.O=[N+]([O-])c1cnc(Cl)c(C(F)(F)F)c1. The second-order valence-electron chi connectivity index (χ2n) is 20.3. The zero-order chi connectivity index (χ0) is 67.2. The number of nitrogens with one attached hydrogen (secondary N) is 2. The molecule has 35 heteroatoms. The number of rotatable bonds is 18. The van der Waals surface area contributed by atoms with Gasteiger partial charge in [-0.15, -0.1) is 12.4 Å². The predicted molar refractivity (Wildman–Crippen MR) is 309 cm³/mol. The number of nitro groups is 2. The number of nitrogens with two attached hydrogens (primary N) is 1. The number of hydrogen-bond acceptors (Lipinski definition) is 20. The summed E-state index contributed by atoms with van der Waals surface area (Å²) in [5, 5.41) is 34.0. The maximum atomic E-state index is 13.0. The summed E-state index contributed by atoms with van der Waals surface area (Å²) in [5.74, 6) is -0.520. The average Bonchev–Trinajstić information content (AvgIpc) is 1.89. The minimum atomic E-state index is -4.74. The van der Waals surface area contributed by atoms with Gasteiger partial charge >= 0.3 is 30.7 Å². The Bertz CT molecular complexity index is 2460. The van der Waals surface area contributed by atoms with Crippen LogP contribution in [0.1, 0.15) is 92.9 Å². The number of nitrogens with zero attached hydrogens (tertiary/aromatic N) is 8. The Morgan fingerprint density at radius 1 is 0.628 bits per heavy atom. The van der Waals surface area contributed by atoms with E-state index in [9.17, 15) is 69.3 Å². The monoisotopic (exact) mass is 1300 g/mol. The van der Waals surface area contributed by atoms with Crippen LogP contribution in [-0.4, -0.2) is 178 Å². The summed E-state index contributed by atoms with van der Waals surface area (Å²) >= 11 is 5.13. The number of anilines is 3. The molecule has 5 atom stereocenters. The number of carbonyl (C=O) groups excluding carboxylic acids is 2. The molecule has 3 heterocycles. The molecule has 0 saturated carbocycles. The first-order valence-electron chi connectivity index (χ1n) is 25.3. The quantitative estimate of drug-likeness (QED) is 0.0398. The Kier molecular flexibility index (Phi) is 40.5. The fourth-order valence-electron chi connectivity index (χ4n) is 5.61. The number of likely N-dealkylation sites (N-methyl/N-ethyl adjacent to an activating group) is 4. The maximum absolute atomic E-state index is 13.0. The lowest BCUT2D eigenvalue weighted by Gasteiger charge is -2.28. The number of methoxy groups -OCH3 is 4. The number of carbonyl (C=O) groups is 2. The second kappa shape index (κ2) is 40.4. The molecule has 5 N–H and O–H groups in total. The molecular weight excluding hydrogens is 1220 g/mol. The fourth-order valence-corrected chi connectivity index (χ4v) is 5.82. The third-order valence-electron chi connectivity index (χ3n) is 10.4. The molecule has 0 aliphatic rings.